The zero-order valence-electron chi connectivity index (χ0n) is 6.54. The van der Waals surface area contributed by atoms with Crippen molar-refractivity contribution in [2.75, 3.05) is 0 Å². The summed E-state index contributed by atoms with van der Waals surface area (Å²) >= 11 is 0. The predicted molar refractivity (Wildman–Crippen MR) is 46.5 cm³/mol. The number of unbranched alkanes of at least 4 members (excludes halogenated alkanes) is 4. The molecule has 1 heteroatoms. The van der Waals surface area contributed by atoms with Crippen LogP contribution in [0.5, 0.6) is 0 Å². The van der Waals surface area contributed by atoms with Gasteiger partial charge in [0.1, 0.15) is 0 Å². The molecule has 0 rings (SSSR count). The minimum Gasteiger partial charge on any atom is -0.144 e. The van der Waals surface area contributed by atoms with E-state index in [0.717, 1.165) is 16.7 Å². The zero-order chi connectivity index (χ0) is 6.95. The first-order chi connectivity index (χ1) is 4.41. The molecule has 0 aromatic heterocycles. The van der Waals surface area contributed by atoms with E-state index in [-0.39, 0.29) is 0 Å². The highest BCUT2D eigenvalue weighted by atomic mass is 28.1. The monoisotopic (exact) mass is 140 g/mol. The molecule has 0 atom stereocenters. The summed E-state index contributed by atoms with van der Waals surface area (Å²) in [6, 6.07) is 0. The Morgan fingerprint density at radius 1 is 1.22 bits per heavy atom. The summed E-state index contributed by atoms with van der Waals surface area (Å²) in [6.45, 7) is 2.23. The highest BCUT2D eigenvalue weighted by Gasteiger charge is 1.82. The average molecular weight is 140 g/mol. The van der Waals surface area contributed by atoms with Crippen molar-refractivity contribution in [3.05, 3.63) is 0 Å². The molecule has 9 heavy (non-hydrogen) atoms. The largest absolute Gasteiger partial charge is 0.144 e. The van der Waals surface area contributed by atoms with Crippen molar-refractivity contribution in [2.24, 2.45) is 0 Å². The van der Waals surface area contributed by atoms with Crippen molar-refractivity contribution in [1.29, 1.82) is 0 Å². The molecule has 0 nitrogen and oxygen atoms in total. The normalized spacial score (nSPS) is 8.56. The molecule has 0 fully saturated rings. The second-order valence-corrected chi connectivity index (χ2v) is 2.74. The summed E-state index contributed by atoms with van der Waals surface area (Å²) in [6.07, 6.45) is 6.51. The van der Waals surface area contributed by atoms with Crippen molar-refractivity contribution >= 4 is 10.2 Å². The highest BCUT2D eigenvalue weighted by molar-refractivity contribution is 6.22. The highest BCUT2D eigenvalue weighted by Crippen LogP contribution is 2.00. The molecule has 0 N–H and O–H groups in total. The molecule has 0 aliphatic carbocycles. The van der Waals surface area contributed by atoms with Crippen molar-refractivity contribution < 1.29 is 0 Å². The summed E-state index contributed by atoms with van der Waals surface area (Å²) < 4.78 is 0. The Bertz CT molecular complexity index is 96.9. The molecule has 0 unspecified atom stereocenters. The number of hydrogen-bond acceptors (Lipinski definition) is 0. The van der Waals surface area contributed by atoms with Crippen LogP contribution in [0.2, 0.25) is 0 Å². The first kappa shape index (κ1) is 8.78. The number of rotatable bonds is 4. The Hall–Kier alpha value is -0.223. The first-order valence-corrected chi connectivity index (χ1v) is 4.81. The van der Waals surface area contributed by atoms with Gasteiger partial charge in [0.2, 0.25) is 0 Å². The second kappa shape index (κ2) is 7.78. The standard InChI is InChI=1S/C8H16Si/c1-2-3-4-5-6-7-8-9/h2-6H2,1,9H3. The molecule has 0 saturated carbocycles. The third kappa shape index (κ3) is 7.78. The summed E-state index contributed by atoms with van der Waals surface area (Å²) in [5.41, 5.74) is 3.03. The van der Waals surface area contributed by atoms with Crippen LogP contribution >= 0.6 is 0 Å². The predicted octanol–water partition coefficient (Wildman–Crippen LogP) is 1.28. The van der Waals surface area contributed by atoms with E-state index in [9.17, 15) is 0 Å². The van der Waals surface area contributed by atoms with Crippen molar-refractivity contribution in [3.63, 3.8) is 0 Å². The van der Waals surface area contributed by atoms with Crippen LogP contribution < -0.4 is 0 Å². The van der Waals surface area contributed by atoms with E-state index in [1.165, 1.54) is 25.7 Å². The average Bonchev–Trinajstić information content (AvgIpc) is 1.89. The molecule has 0 spiro atoms. The summed E-state index contributed by atoms with van der Waals surface area (Å²) in [5.74, 6) is 3.12. The van der Waals surface area contributed by atoms with Crippen LogP contribution in [0.3, 0.4) is 0 Å². The van der Waals surface area contributed by atoms with Crippen LogP contribution in [0.15, 0.2) is 0 Å². The van der Waals surface area contributed by atoms with E-state index in [1.54, 1.807) is 0 Å². The Morgan fingerprint density at radius 3 is 2.56 bits per heavy atom. The Morgan fingerprint density at radius 2 is 2.00 bits per heavy atom. The summed E-state index contributed by atoms with van der Waals surface area (Å²) in [7, 11) is 1.05. The van der Waals surface area contributed by atoms with Gasteiger partial charge in [0.05, 0.1) is 10.2 Å². The topological polar surface area (TPSA) is 0 Å². The molecule has 52 valence electrons. The van der Waals surface area contributed by atoms with Crippen LogP contribution in [0.25, 0.3) is 0 Å². The summed E-state index contributed by atoms with van der Waals surface area (Å²) in [4.78, 5) is 0. The van der Waals surface area contributed by atoms with Gasteiger partial charge < -0.3 is 0 Å². The third-order valence-electron chi connectivity index (χ3n) is 1.33. The van der Waals surface area contributed by atoms with Gasteiger partial charge in [-0.2, -0.15) is 0 Å². The fourth-order valence-corrected chi connectivity index (χ4v) is 1.02. The van der Waals surface area contributed by atoms with Crippen molar-refractivity contribution in [3.8, 4) is 11.5 Å². The molecule has 0 aliphatic heterocycles. The quantitative estimate of drug-likeness (QED) is 0.313. The Labute approximate surface area is 61.5 Å². The lowest BCUT2D eigenvalue weighted by Crippen LogP contribution is -1.73. The maximum atomic E-state index is 3.12. The lowest BCUT2D eigenvalue weighted by atomic mass is 10.2. The molecule has 0 amide bonds. The van der Waals surface area contributed by atoms with Gasteiger partial charge in [-0.3, -0.25) is 0 Å². The van der Waals surface area contributed by atoms with Crippen LogP contribution in [0, 0.1) is 11.5 Å². The van der Waals surface area contributed by atoms with E-state index in [4.69, 9.17) is 0 Å². The molecule has 0 aromatic rings. The van der Waals surface area contributed by atoms with Gasteiger partial charge in [0.15, 0.2) is 0 Å². The fourth-order valence-electron chi connectivity index (χ4n) is 0.765. The molecular weight excluding hydrogens is 124 g/mol. The van der Waals surface area contributed by atoms with Gasteiger partial charge in [-0.25, -0.2) is 0 Å². The first-order valence-electron chi connectivity index (χ1n) is 3.81. The molecular formula is C8H16Si. The minimum atomic E-state index is 1.05. The smallest absolute Gasteiger partial charge is 0.0906 e. The van der Waals surface area contributed by atoms with Crippen LogP contribution in [0.1, 0.15) is 39.0 Å². The van der Waals surface area contributed by atoms with Gasteiger partial charge in [-0.15, -0.1) is 11.5 Å². The number of hydrogen-bond donors (Lipinski definition) is 0. The molecule has 0 radical (unpaired) electrons. The van der Waals surface area contributed by atoms with E-state index in [2.05, 4.69) is 18.4 Å². The second-order valence-electron chi connectivity index (χ2n) is 2.24. The molecule has 0 aromatic carbocycles. The minimum absolute atomic E-state index is 1.05. The van der Waals surface area contributed by atoms with E-state index >= 15 is 0 Å². The van der Waals surface area contributed by atoms with Gasteiger partial charge in [0.25, 0.3) is 0 Å². The Kier molecular flexibility index (Phi) is 7.58. The van der Waals surface area contributed by atoms with E-state index in [1.807, 2.05) is 0 Å². The van der Waals surface area contributed by atoms with Crippen LogP contribution in [-0.2, 0) is 0 Å². The van der Waals surface area contributed by atoms with E-state index < -0.39 is 0 Å². The fraction of sp³-hybridized carbons (Fsp3) is 0.750. The van der Waals surface area contributed by atoms with Gasteiger partial charge in [-0.05, 0) is 6.42 Å². The van der Waals surface area contributed by atoms with Crippen LogP contribution in [-0.4, -0.2) is 10.2 Å². The van der Waals surface area contributed by atoms with Crippen molar-refractivity contribution in [2.45, 2.75) is 39.0 Å². The third-order valence-corrected chi connectivity index (χ3v) is 1.69. The van der Waals surface area contributed by atoms with Crippen LogP contribution in [0.4, 0.5) is 0 Å². The van der Waals surface area contributed by atoms with Gasteiger partial charge in [-0.1, -0.05) is 26.2 Å². The van der Waals surface area contributed by atoms with Gasteiger partial charge >= 0.3 is 0 Å². The lowest BCUT2D eigenvalue weighted by Gasteiger charge is -1.91. The Balaban J connectivity index is 2.80. The van der Waals surface area contributed by atoms with Gasteiger partial charge in [0, 0.05) is 6.42 Å². The molecule has 0 bridgehead atoms. The summed E-state index contributed by atoms with van der Waals surface area (Å²) in [5, 5.41) is 0. The SMILES string of the molecule is CCCCCCC#C[SiH3]. The zero-order valence-corrected chi connectivity index (χ0v) is 8.54. The molecule has 0 saturated heterocycles. The molecule has 0 aliphatic rings. The molecule has 0 heterocycles. The maximum Gasteiger partial charge on any atom is 0.0906 e. The van der Waals surface area contributed by atoms with E-state index in [0.29, 0.717) is 0 Å². The van der Waals surface area contributed by atoms with Crippen molar-refractivity contribution in [1.82, 2.24) is 0 Å². The lowest BCUT2D eigenvalue weighted by molar-refractivity contribution is 0.680. The maximum absolute atomic E-state index is 3.12.